The minimum absolute atomic E-state index is 0.00139. The monoisotopic (exact) mass is 368 g/mol. The van der Waals surface area contributed by atoms with Crippen molar-refractivity contribution < 1.29 is 9.90 Å². The maximum absolute atomic E-state index is 12.8. The van der Waals surface area contributed by atoms with E-state index in [4.69, 9.17) is 5.73 Å². The zero-order chi connectivity index (χ0) is 15.1. The van der Waals surface area contributed by atoms with Crippen molar-refractivity contribution in [3.8, 4) is 0 Å². The average molecular weight is 369 g/mol. The number of carbonyl (C=O) groups excluding carboxylic acids is 1. The Hall–Kier alpha value is -1.11. The molecule has 21 heavy (non-hydrogen) atoms. The van der Waals surface area contributed by atoms with Crippen LogP contribution in [0, 0.1) is 5.92 Å². The molecule has 2 unspecified atom stereocenters. The molecule has 1 amide bonds. The Kier molecular flexibility index (Phi) is 3.94. The number of amides is 1. The number of aliphatic hydroxyl groups is 1. The normalized spacial score (nSPS) is 22.1. The van der Waals surface area contributed by atoms with Gasteiger partial charge in [0.2, 0.25) is 0 Å². The minimum atomic E-state index is -0.106. The van der Waals surface area contributed by atoms with Gasteiger partial charge in [0.05, 0.1) is 18.3 Å². The lowest BCUT2D eigenvalue weighted by Crippen LogP contribution is -2.39. The molecule has 1 aromatic carbocycles. The van der Waals surface area contributed by atoms with E-state index >= 15 is 0 Å². The molecular weight excluding hydrogens is 352 g/mol. The third-order valence-electron chi connectivity index (χ3n) is 4.23. The van der Waals surface area contributed by atoms with E-state index in [1.165, 1.54) is 11.3 Å². The van der Waals surface area contributed by atoms with Crippen molar-refractivity contribution in [1.29, 1.82) is 0 Å². The highest BCUT2D eigenvalue weighted by Gasteiger charge is 2.35. The molecule has 4 nitrogen and oxygen atoms in total. The van der Waals surface area contributed by atoms with E-state index in [2.05, 4.69) is 22.9 Å². The quantitative estimate of drug-likeness (QED) is 0.855. The number of rotatable bonds is 2. The molecular formula is C15H17BrN2O2S. The fraction of sp³-hybridized carbons (Fsp3) is 0.400. The largest absolute Gasteiger partial charge is 0.397 e. The maximum Gasteiger partial charge on any atom is 0.266 e. The molecule has 3 rings (SSSR count). The topological polar surface area (TPSA) is 66.6 Å². The van der Waals surface area contributed by atoms with E-state index in [1.807, 2.05) is 18.2 Å². The van der Waals surface area contributed by atoms with Crippen molar-refractivity contribution in [3.63, 3.8) is 0 Å². The van der Waals surface area contributed by atoms with Gasteiger partial charge in [-0.25, -0.2) is 0 Å². The molecule has 0 spiro atoms. The Morgan fingerprint density at radius 2 is 2.33 bits per heavy atom. The van der Waals surface area contributed by atoms with Crippen LogP contribution in [0.2, 0.25) is 0 Å². The second kappa shape index (κ2) is 5.59. The number of halogens is 1. The highest BCUT2D eigenvalue weighted by Crippen LogP contribution is 2.39. The predicted octanol–water partition coefficient (Wildman–Crippen LogP) is 3.09. The standard InChI is InChI=1S/C15H17BrN2O2S/c1-8-5-6-18(10(8)7-19)15(20)14-13(17)12-9(16)3-2-4-11(12)21-14/h2-4,8,10,19H,5-7,17H2,1H3. The van der Waals surface area contributed by atoms with E-state index in [0.29, 0.717) is 23.0 Å². The van der Waals surface area contributed by atoms with Crippen molar-refractivity contribution in [1.82, 2.24) is 4.90 Å². The van der Waals surface area contributed by atoms with Crippen LogP contribution in [0.4, 0.5) is 5.69 Å². The fourth-order valence-corrected chi connectivity index (χ4v) is 4.77. The number of benzene rings is 1. The number of carbonyl (C=O) groups is 1. The maximum atomic E-state index is 12.8. The van der Waals surface area contributed by atoms with Crippen LogP contribution in [0.25, 0.3) is 10.1 Å². The molecule has 3 N–H and O–H groups in total. The van der Waals surface area contributed by atoms with Crippen LogP contribution in [-0.2, 0) is 0 Å². The van der Waals surface area contributed by atoms with Crippen molar-refractivity contribution in [3.05, 3.63) is 27.5 Å². The number of fused-ring (bicyclic) bond motifs is 1. The van der Waals surface area contributed by atoms with Gasteiger partial charge in [0, 0.05) is 21.1 Å². The highest BCUT2D eigenvalue weighted by molar-refractivity contribution is 9.10. The van der Waals surface area contributed by atoms with Gasteiger partial charge in [-0.1, -0.05) is 28.9 Å². The van der Waals surface area contributed by atoms with Crippen LogP contribution in [0.1, 0.15) is 23.0 Å². The van der Waals surface area contributed by atoms with Gasteiger partial charge in [0.15, 0.2) is 0 Å². The first-order valence-electron chi connectivity index (χ1n) is 6.93. The van der Waals surface area contributed by atoms with E-state index in [0.717, 1.165) is 21.0 Å². The molecule has 112 valence electrons. The van der Waals surface area contributed by atoms with E-state index in [1.54, 1.807) is 4.90 Å². The van der Waals surface area contributed by atoms with E-state index < -0.39 is 0 Å². The molecule has 1 saturated heterocycles. The summed E-state index contributed by atoms with van der Waals surface area (Å²) in [6.45, 7) is 2.75. The molecule has 2 aromatic rings. The van der Waals surface area contributed by atoms with Crippen molar-refractivity contribution in [2.75, 3.05) is 18.9 Å². The van der Waals surface area contributed by atoms with Crippen LogP contribution in [0.3, 0.4) is 0 Å². The van der Waals surface area contributed by atoms with Crippen LogP contribution in [-0.4, -0.2) is 35.1 Å². The first kappa shape index (κ1) is 14.8. The molecule has 0 bridgehead atoms. The lowest BCUT2D eigenvalue weighted by Gasteiger charge is -2.24. The van der Waals surface area contributed by atoms with Crippen LogP contribution >= 0.6 is 27.3 Å². The van der Waals surface area contributed by atoms with Gasteiger partial charge < -0.3 is 15.7 Å². The number of nitrogens with zero attached hydrogens (tertiary/aromatic N) is 1. The van der Waals surface area contributed by atoms with Gasteiger partial charge in [0.25, 0.3) is 5.91 Å². The summed E-state index contributed by atoms with van der Waals surface area (Å²) in [7, 11) is 0. The third kappa shape index (κ3) is 2.35. The first-order valence-corrected chi connectivity index (χ1v) is 8.53. The van der Waals surface area contributed by atoms with Crippen LogP contribution in [0.5, 0.6) is 0 Å². The second-order valence-corrected chi connectivity index (χ2v) is 7.38. The summed E-state index contributed by atoms with van der Waals surface area (Å²) >= 11 is 4.91. The number of aliphatic hydroxyl groups excluding tert-OH is 1. The summed E-state index contributed by atoms with van der Waals surface area (Å²) in [6, 6.07) is 5.72. The molecule has 6 heteroatoms. The lowest BCUT2D eigenvalue weighted by molar-refractivity contribution is 0.0654. The van der Waals surface area contributed by atoms with Gasteiger partial charge in [-0.05, 0) is 24.5 Å². The van der Waals surface area contributed by atoms with Gasteiger partial charge in [-0.3, -0.25) is 4.79 Å². The average Bonchev–Trinajstić information content (AvgIpc) is 3.00. The molecule has 2 atom stereocenters. The molecule has 0 aliphatic carbocycles. The molecule has 0 radical (unpaired) electrons. The van der Waals surface area contributed by atoms with Crippen LogP contribution < -0.4 is 5.73 Å². The van der Waals surface area contributed by atoms with Crippen molar-refractivity contribution in [2.24, 2.45) is 5.92 Å². The Balaban J connectivity index is 2.03. The summed E-state index contributed by atoms with van der Waals surface area (Å²) in [5.41, 5.74) is 6.73. The molecule has 1 aliphatic rings. The number of anilines is 1. The summed E-state index contributed by atoms with van der Waals surface area (Å²) in [5.74, 6) is 0.255. The first-order chi connectivity index (χ1) is 10.0. The number of likely N-dealkylation sites (tertiary alicyclic amines) is 1. The smallest absolute Gasteiger partial charge is 0.266 e. The number of thiophene rings is 1. The summed E-state index contributed by atoms with van der Waals surface area (Å²) in [6.07, 6.45) is 0.922. The van der Waals surface area contributed by atoms with Gasteiger partial charge >= 0.3 is 0 Å². The summed E-state index contributed by atoms with van der Waals surface area (Å²) in [4.78, 5) is 15.1. The Labute approximate surface area is 135 Å². The molecule has 1 aromatic heterocycles. The summed E-state index contributed by atoms with van der Waals surface area (Å²) < 4.78 is 1.90. The molecule has 0 saturated carbocycles. The second-order valence-electron chi connectivity index (χ2n) is 5.47. The zero-order valence-corrected chi connectivity index (χ0v) is 14.1. The molecule has 1 aliphatic heterocycles. The van der Waals surface area contributed by atoms with E-state index in [-0.39, 0.29) is 18.6 Å². The Morgan fingerprint density at radius 3 is 3.00 bits per heavy atom. The number of hydrogen-bond acceptors (Lipinski definition) is 4. The number of nitrogens with two attached hydrogens (primary N) is 1. The Bertz CT molecular complexity index is 700. The number of hydrogen-bond donors (Lipinski definition) is 2. The van der Waals surface area contributed by atoms with Gasteiger partial charge in [-0.15, -0.1) is 11.3 Å². The van der Waals surface area contributed by atoms with Crippen molar-refractivity contribution in [2.45, 2.75) is 19.4 Å². The SMILES string of the molecule is CC1CCN(C(=O)c2sc3cccc(Br)c3c2N)C1CO. The Morgan fingerprint density at radius 1 is 1.57 bits per heavy atom. The fourth-order valence-electron chi connectivity index (χ4n) is 2.96. The van der Waals surface area contributed by atoms with Gasteiger partial charge in [0.1, 0.15) is 4.88 Å². The predicted molar refractivity (Wildman–Crippen MR) is 89.6 cm³/mol. The lowest BCUT2D eigenvalue weighted by atomic mass is 10.0. The summed E-state index contributed by atoms with van der Waals surface area (Å²) in [5, 5.41) is 10.4. The number of nitrogen functional groups attached to an aromatic ring is 1. The van der Waals surface area contributed by atoms with Gasteiger partial charge in [-0.2, -0.15) is 0 Å². The van der Waals surface area contributed by atoms with E-state index in [9.17, 15) is 9.90 Å². The minimum Gasteiger partial charge on any atom is -0.397 e. The zero-order valence-electron chi connectivity index (χ0n) is 11.7. The highest BCUT2D eigenvalue weighted by atomic mass is 79.9. The third-order valence-corrected chi connectivity index (χ3v) is 6.05. The van der Waals surface area contributed by atoms with Crippen LogP contribution in [0.15, 0.2) is 22.7 Å². The molecule has 2 heterocycles. The molecule has 1 fully saturated rings. The van der Waals surface area contributed by atoms with Crippen molar-refractivity contribution >= 4 is 48.9 Å².